The molecule has 4 aromatic rings. The van der Waals surface area contributed by atoms with E-state index in [-0.39, 0.29) is 34.7 Å². The second-order valence-corrected chi connectivity index (χ2v) is 10.5. The molecule has 0 aliphatic heterocycles. The first-order chi connectivity index (χ1) is 18.5. The zero-order valence-electron chi connectivity index (χ0n) is 22.3. The second kappa shape index (κ2) is 11.1. The van der Waals surface area contributed by atoms with Gasteiger partial charge in [0.1, 0.15) is 33.0 Å². The van der Waals surface area contributed by atoms with Crippen LogP contribution >= 0.6 is 11.3 Å². The van der Waals surface area contributed by atoms with Crippen LogP contribution in [-0.2, 0) is 21.6 Å². The van der Waals surface area contributed by atoms with Crippen LogP contribution in [0.25, 0.3) is 15.2 Å². The van der Waals surface area contributed by atoms with Crippen molar-refractivity contribution in [2.45, 2.75) is 58.7 Å². The summed E-state index contributed by atoms with van der Waals surface area (Å²) in [5, 5.41) is 20.1. The monoisotopic (exact) mass is 559 g/mol. The molecule has 3 aromatic heterocycles. The van der Waals surface area contributed by atoms with Gasteiger partial charge < -0.3 is 14.6 Å². The van der Waals surface area contributed by atoms with Gasteiger partial charge in [-0.1, -0.05) is 24.7 Å². The molecule has 1 aromatic carbocycles. The van der Waals surface area contributed by atoms with Gasteiger partial charge in [-0.2, -0.15) is 10.2 Å². The molecular weight excluding hydrogens is 529 g/mol. The lowest BCUT2D eigenvalue weighted by Gasteiger charge is -2.26. The largest absolute Gasteiger partial charge is 0.496 e. The maximum absolute atomic E-state index is 14.1. The first-order valence-corrected chi connectivity index (χ1v) is 13.2. The summed E-state index contributed by atoms with van der Waals surface area (Å²) in [5.41, 5.74) is -2.57. The Balaban J connectivity index is 1.96. The van der Waals surface area contributed by atoms with Gasteiger partial charge in [-0.15, -0.1) is 4.80 Å². The van der Waals surface area contributed by atoms with Gasteiger partial charge in [0, 0.05) is 11.1 Å². The number of aromatic nitrogens is 5. The average molecular weight is 560 g/mol. The Kier molecular flexibility index (Phi) is 8.02. The van der Waals surface area contributed by atoms with Gasteiger partial charge in [-0.3, -0.25) is 9.36 Å². The van der Waals surface area contributed by atoms with Crippen molar-refractivity contribution < 1.29 is 23.8 Å². The molecule has 3 heterocycles. The summed E-state index contributed by atoms with van der Waals surface area (Å²) in [6.45, 7) is 6.29. The van der Waals surface area contributed by atoms with Crippen LogP contribution in [0.5, 0.6) is 5.75 Å². The van der Waals surface area contributed by atoms with Crippen LogP contribution in [0.3, 0.4) is 0 Å². The van der Waals surface area contributed by atoms with E-state index in [1.165, 1.54) is 54.8 Å². The fourth-order valence-electron chi connectivity index (χ4n) is 4.31. The van der Waals surface area contributed by atoms with Crippen LogP contribution in [0.15, 0.2) is 40.2 Å². The van der Waals surface area contributed by atoms with Crippen LogP contribution in [0.2, 0.25) is 0 Å². The highest BCUT2D eigenvalue weighted by Crippen LogP contribution is 2.33. The predicted molar refractivity (Wildman–Crippen MR) is 143 cm³/mol. The number of benzene rings is 1. The zero-order valence-corrected chi connectivity index (χ0v) is 23.1. The Bertz CT molecular complexity index is 1620. The van der Waals surface area contributed by atoms with Crippen molar-refractivity contribution in [1.82, 2.24) is 24.1 Å². The number of rotatable bonds is 10. The summed E-state index contributed by atoms with van der Waals surface area (Å²) < 4.78 is 26.8. The number of carbonyl (C=O) groups excluding carboxylic acids is 1. The standard InChI is InChI=1S/C26H30FN5O6S/c1-6-7-12-38-24(35)26(3,4)31-21(34)20-15(2)22(32-28-10-11-29-32)39-23(20)30(25(31)36)14-18(33)17-13-16(27)8-9-19(17)37-5/h8-11,13,18,33H,6-7,12,14H2,1-5H3/t18-/m0/s1. The lowest BCUT2D eigenvalue weighted by molar-refractivity contribution is -0.153. The maximum atomic E-state index is 14.1. The van der Waals surface area contributed by atoms with Crippen molar-refractivity contribution in [2.75, 3.05) is 13.7 Å². The van der Waals surface area contributed by atoms with E-state index in [1.54, 1.807) is 6.92 Å². The topological polar surface area (TPSA) is 130 Å². The molecule has 39 heavy (non-hydrogen) atoms. The number of ether oxygens (including phenoxy) is 2. The first kappa shape index (κ1) is 28.2. The third-order valence-corrected chi connectivity index (χ3v) is 7.76. The number of carbonyl (C=O) groups is 1. The smallest absolute Gasteiger partial charge is 0.333 e. The van der Waals surface area contributed by atoms with Crippen molar-refractivity contribution in [1.29, 1.82) is 0 Å². The molecule has 11 nitrogen and oxygen atoms in total. The number of halogens is 1. The Labute approximate surface area is 227 Å². The van der Waals surface area contributed by atoms with E-state index in [4.69, 9.17) is 9.47 Å². The van der Waals surface area contributed by atoms with Gasteiger partial charge >= 0.3 is 11.7 Å². The Morgan fingerprint density at radius 3 is 2.56 bits per heavy atom. The summed E-state index contributed by atoms with van der Waals surface area (Å²) >= 11 is 1.09. The Hall–Kier alpha value is -3.84. The molecule has 1 N–H and O–H groups in total. The van der Waals surface area contributed by atoms with Gasteiger partial charge in [-0.05, 0) is 45.4 Å². The number of thiophene rings is 1. The van der Waals surface area contributed by atoms with Gasteiger partial charge in [0.15, 0.2) is 0 Å². The lowest BCUT2D eigenvalue weighted by Crippen LogP contribution is -2.53. The third kappa shape index (κ3) is 5.11. The van der Waals surface area contributed by atoms with Crippen LogP contribution in [-0.4, -0.2) is 48.9 Å². The molecule has 0 aliphatic rings. The molecule has 0 aliphatic carbocycles. The van der Waals surface area contributed by atoms with E-state index >= 15 is 0 Å². The fraction of sp³-hybridized carbons (Fsp3) is 0.423. The SMILES string of the molecule is CCCCOC(=O)C(C)(C)n1c(=O)c2c(C)c(-n3nccn3)sc2n(C[C@H](O)c2cc(F)ccc2OC)c1=O. The summed E-state index contributed by atoms with van der Waals surface area (Å²) in [6.07, 6.45) is 2.99. The molecule has 13 heteroatoms. The number of aliphatic hydroxyl groups excluding tert-OH is 1. The number of aryl methyl sites for hydroxylation is 1. The normalized spacial score (nSPS) is 12.6. The van der Waals surface area contributed by atoms with Crippen LogP contribution < -0.4 is 16.0 Å². The molecule has 0 amide bonds. The first-order valence-electron chi connectivity index (χ1n) is 12.4. The van der Waals surface area contributed by atoms with Gasteiger partial charge in [-0.25, -0.2) is 18.5 Å². The van der Waals surface area contributed by atoms with E-state index in [1.807, 2.05) is 6.92 Å². The number of hydrogen-bond donors (Lipinski definition) is 1. The number of unbranched alkanes of at least 4 members (excludes halogenated alkanes) is 1. The van der Waals surface area contributed by atoms with Crippen LogP contribution in [0, 0.1) is 12.7 Å². The molecular formula is C26H30FN5O6S. The highest BCUT2D eigenvalue weighted by Gasteiger charge is 2.37. The van der Waals surface area contributed by atoms with Crippen molar-refractivity contribution >= 4 is 27.5 Å². The van der Waals surface area contributed by atoms with Crippen molar-refractivity contribution in [2.24, 2.45) is 0 Å². The molecule has 0 saturated carbocycles. The zero-order chi connectivity index (χ0) is 28.5. The lowest BCUT2D eigenvalue weighted by atomic mass is 10.0. The molecule has 0 saturated heterocycles. The molecule has 0 bridgehead atoms. The van der Waals surface area contributed by atoms with Crippen molar-refractivity contribution in [3.63, 3.8) is 0 Å². The summed E-state index contributed by atoms with van der Waals surface area (Å²) in [5.74, 6) is -1.11. The third-order valence-electron chi connectivity index (χ3n) is 6.48. The predicted octanol–water partition coefficient (Wildman–Crippen LogP) is 3.07. The Morgan fingerprint density at radius 2 is 1.92 bits per heavy atom. The highest BCUT2D eigenvalue weighted by atomic mass is 32.1. The fourth-order valence-corrected chi connectivity index (χ4v) is 5.53. The minimum Gasteiger partial charge on any atom is -0.496 e. The Morgan fingerprint density at radius 1 is 1.23 bits per heavy atom. The van der Waals surface area contributed by atoms with Crippen molar-refractivity contribution in [3.8, 4) is 10.8 Å². The average Bonchev–Trinajstić information content (AvgIpc) is 3.54. The molecule has 0 radical (unpaired) electrons. The molecule has 208 valence electrons. The molecule has 0 fully saturated rings. The summed E-state index contributed by atoms with van der Waals surface area (Å²) in [6, 6.07) is 3.69. The van der Waals surface area contributed by atoms with E-state index in [0.29, 0.717) is 17.0 Å². The molecule has 4 rings (SSSR count). The second-order valence-electron chi connectivity index (χ2n) is 9.52. The maximum Gasteiger partial charge on any atom is 0.333 e. The number of aliphatic hydroxyl groups is 1. The number of methoxy groups -OCH3 is 1. The minimum absolute atomic E-state index is 0.121. The van der Waals surface area contributed by atoms with Crippen LogP contribution in [0.4, 0.5) is 4.39 Å². The summed E-state index contributed by atoms with van der Waals surface area (Å²) in [4.78, 5) is 42.5. The van der Waals surface area contributed by atoms with Gasteiger partial charge in [0.2, 0.25) is 0 Å². The summed E-state index contributed by atoms with van der Waals surface area (Å²) in [7, 11) is 1.38. The van der Waals surface area contributed by atoms with Gasteiger partial charge in [0.05, 0.1) is 38.0 Å². The van der Waals surface area contributed by atoms with E-state index in [2.05, 4.69) is 10.2 Å². The number of esters is 1. The highest BCUT2D eigenvalue weighted by molar-refractivity contribution is 7.21. The van der Waals surface area contributed by atoms with Crippen LogP contribution in [0.1, 0.15) is 50.8 Å². The van der Waals surface area contributed by atoms with E-state index in [0.717, 1.165) is 28.4 Å². The number of nitrogens with zero attached hydrogens (tertiary/aromatic N) is 5. The van der Waals surface area contributed by atoms with E-state index < -0.39 is 34.7 Å². The number of fused-ring (bicyclic) bond motifs is 1. The van der Waals surface area contributed by atoms with Gasteiger partial charge in [0.25, 0.3) is 5.56 Å². The van der Waals surface area contributed by atoms with E-state index in [9.17, 15) is 23.9 Å². The minimum atomic E-state index is -1.67. The number of hydrogen-bond acceptors (Lipinski definition) is 9. The molecule has 0 spiro atoms. The quantitative estimate of drug-likeness (QED) is 0.232. The molecule has 1 atom stereocenters. The molecule has 0 unspecified atom stereocenters. The van der Waals surface area contributed by atoms with Crippen molar-refractivity contribution in [3.05, 3.63) is 68.4 Å².